The second-order valence-corrected chi connectivity index (χ2v) is 5.55. The van der Waals surface area contributed by atoms with Crippen LogP contribution in [0.2, 0.25) is 0 Å². The highest BCUT2D eigenvalue weighted by Crippen LogP contribution is 2.33. The number of nitrogens with zero attached hydrogens (tertiary/aromatic N) is 5. The van der Waals surface area contributed by atoms with Crippen molar-refractivity contribution in [2.45, 2.75) is 19.8 Å². The van der Waals surface area contributed by atoms with Crippen LogP contribution in [0.15, 0.2) is 24.5 Å². The Kier molecular flexibility index (Phi) is 2.63. The molecule has 0 aliphatic carbocycles. The van der Waals surface area contributed by atoms with Gasteiger partial charge in [0.25, 0.3) is 0 Å². The third kappa shape index (κ3) is 1.94. The summed E-state index contributed by atoms with van der Waals surface area (Å²) in [5.41, 5.74) is 2.21. The number of aryl methyl sites for hydroxylation is 2. The molecule has 1 aromatic carbocycles. The van der Waals surface area contributed by atoms with E-state index in [2.05, 4.69) is 43.0 Å². The lowest BCUT2D eigenvalue weighted by molar-refractivity contribution is 0.499. The van der Waals surface area contributed by atoms with E-state index in [4.69, 9.17) is 0 Å². The zero-order valence-electron chi connectivity index (χ0n) is 12.0. The molecule has 6 heteroatoms. The zero-order valence-corrected chi connectivity index (χ0v) is 12.0. The van der Waals surface area contributed by atoms with Crippen LogP contribution in [-0.4, -0.2) is 38.2 Å². The van der Waals surface area contributed by atoms with Gasteiger partial charge in [0.15, 0.2) is 5.82 Å². The average Bonchev–Trinajstić information content (AvgIpc) is 2.84. The minimum absolute atomic E-state index is 0.379. The van der Waals surface area contributed by atoms with Gasteiger partial charge in [-0.05, 0) is 25.5 Å². The molecular weight excluding hydrogens is 264 g/mol. The zero-order chi connectivity index (χ0) is 14.4. The number of nitrogens with one attached hydrogen (secondary N) is 1. The summed E-state index contributed by atoms with van der Waals surface area (Å²) in [6.07, 6.45) is 1.64. The van der Waals surface area contributed by atoms with Crippen LogP contribution in [0.1, 0.15) is 23.1 Å². The number of hydrogen-bond donors (Lipinski definition) is 1. The molecule has 1 aliphatic heterocycles. The highest BCUT2D eigenvalue weighted by Gasteiger charge is 2.33. The molecule has 21 heavy (non-hydrogen) atoms. The summed E-state index contributed by atoms with van der Waals surface area (Å²) in [5, 5.41) is 8.30. The van der Waals surface area contributed by atoms with Gasteiger partial charge in [0.05, 0.1) is 11.4 Å². The molecule has 0 saturated carbocycles. The summed E-state index contributed by atoms with van der Waals surface area (Å²) >= 11 is 0. The van der Waals surface area contributed by atoms with Crippen LogP contribution in [0.3, 0.4) is 0 Å². The lowest BCUT2D eigenvalue weighted by atomic mass is 9.98. The molecule has 1 aliphatic rings. The Balaban J connectivity index is 1.64. The van der Waals surface area contributed by atoms with Crippen LogP contribution >= 0.6 is 0 Å². The Labute approximate surface area is 122 Å². The Bertz CT molecular complexity index is 798. The van der Waals surface area contributed by atoms with Crippen LogP contribution in [0.5, 0.6) is 0 Å². The monoisotopic (exact) mass is 280 g/mol. The molecule has 0 spiro atoms. The van der Waals surface area contributed by atoms with Crippen molar-refractivity contribution in [2.24, 2.45) is 0 Å². The summed E-state index contributed by atoms with van der Waals surface area (Å²) in [5.74, 6) is 3.16. The first-order valence-corrected chi connectivity index (χ1v) is 7.06. The van der Waals surface area contributed by atoms with Gasteiger partial charge in [-0.25, -0.2) is 15.0 Å². The van der Waals surface area contributed by atoms with Crippen molar-refractivity contribution in [3.63, 3.8) is 0 Å². The molecule has 0 radical (unpaired) electrons. The average molecular weight is 280 g/mol. The SMILES string of the molecule is Cc1nc(C2CN(c3ncnc4cccc(C)c34)C2)n[nH]1. The van der Waals surface area contributed by atoms with Crippen molar-refractivity contribution in [2.75, 3.05) is 18.0 Å². The van der Waals surface area contributed by atoms with Crippen LogP contribution < -0.4 is 4.90 Å². The van der Waals surface area contributed by atoms with Crippen molar-refractivity contribution in [1.82, 2.24) is 25.1 Å². The molecule has 0 amide bonds. The van der Waals surface area contributed by atoms with E-state index in [0.717, 1.165) is 41.5 Å². The fraction of sp³-hybridized carbons (Fsp3) is 0.333. The topological polar surface area (TPSA) is 70.6 Å². The molecule has 6 nitrogen and oxygen atoms in total. The third-order valence-electron chi connectivity index (χ3n) is 4.01. The van der Waals surface area contributed by atoms with Gasteiger partial charge in [-0.2, -0.15) is 5.10 Å². The van der Waals surface area contributed by atoms with Gasteiger partial charge in [-0.15, -0.1) is 0 Å². The normalized spacial score (nSPS) is 15.4. The van der Waals surface area contributed by atoms with E-state index < -0.39 is 0 Å². The maximum absolute atomic E-state index is 4.49. The summed E-state index contributed by atoms with van der Waals surface area (Å²) < 4.78 is 0. The summed E-state index contributed by atoms with van der Waals surface area (Å²) in [6, 6.07) is 6.16. The van der Waals surface area contributed by atoms with Crippen molar-refractivity contribution >= 4 is 16.7 Å². The maximum atomic E-state index is 4.49. The van der Waals surface area contributed by atoms with Gasteiger partial charge in [-0.1, -0.05) is 12.1 Å². The number of hydrogen-bond acceptors (Lipinski definition) is 5. The van der Waals surface area contributed by atoms with Crippen molar-refractivity contribution in [3.8, 4) is 0 Å². The van der Waals surface area contributed by atoms with Crippen LogP contribution in [0, 0.1) is 13.8 Å². The molecule has 0 unspecified atom stereocenters. The molecule has 3 heterocycles. The fourth-order valence-electron chi connectivity index (χ4n) is 2.86. The minimum Gasteiger partial charge on any atom is -0.354 e. The lowest BCUT2D eigenvalue weighted by Gasteiger charge is -2.39. The first kappa shape index (κ1) is 12.3. The molecule has 1 fully saturated rings. The van der Waals surface area contributed by atoms with Gasteiger partial charge in [-0.3, -0.25) is 5.10 Å². The lowest BCUT2D eigenvalue weighted by Crippen LogP contribution is -2.46. The van der Waals surface area contributed by atoms with Crippen molar-refractivity contribution in [1.29, 1.82) is 0 Å². The standard InChI is InChI=1S/C15H16N6/c1-9-4-3-5-12-13(9)15(17-8-16-12)21-6-11(7-21)14-18-10(2)19-20-14/h3-5,8,11H,6-7H2,1-2H3,(H,18,19,20). The molecule has 106 valence electrons. The summed E-state index contributed by atoms with van der Waals surface area (Å²) in [4.78, 5) is 15.5. The Morgan fingerprint density at radius 1 is 1.19 bits per heavy atom. The van der Waals surface area contributed by atoms with E-state index in [1.54, 1.807) is 6.33 Å². The summed E-state index contributed by atoms with van der Waals surface area (Å²) in [7, 11) is 0. The molecular formula is C15H16N6. The molecule has 4 rings (SSSR count). The number of rotatable bonds is 2. The maximum Gasteiger partial charge on any atom is 0.157 e. The Hall–Kier alpha value is -2.50. The first-order valence-electron chi connectivity index (χ1n) is 7.06. The van der Waals surface area contributed by atoms with Crippen molar-refractivity contribution < 1.29 is 0 Å². The van der Waals surface area contributed by atoms with Crippen LogP contribution in [-0.2, 0) is 0 Å². The van der Waals surface area contributed by atoms with Gasteiger partial charge >= 0.3 is 0 Å². The third-order valence-corrected chi connectivity index (χ3v) is 4.01. The van der Waals surface area contributed by atoms with Gasteiger partial charge in [0.2, 0.25) is 0 Å². The molecule has 3 aromatic rings. The van der Waals surface area contributed by atoms with E-state index >= 15 is 0 Å². The quantitative estimate of drug-likeness (QED) is 0.777. The highest BCUT2D eigenvalue weighted by molar-refractivity contribution is 5.92. The van der Waals surface area contributed by atoms with E-state index in [1.165, 1.54) is 5.56 Å². The molecule has 1 N–H and O–H groups in total. The number of anilines is 1. The van der Waals surface area contributed by atoms with E-state index in [1.807, 2.05) is 19.1 Å². The predicted octanol–water partition coefficient (Wildman–Crippen LogP) is 1.97. The first-order chi connectivity index (χ1) is 10.2. The number of aromatic amines is 1. The number of H-pyrrole nitrogens is 1. The molecule has 2 aromatic heterocycles. The van der Waals surface area contributed by atoms with E-state index in [-0.39, 0.29) is 0 Å². The summed E-state index contributed by atoms with van der Waals surface area (Å²) in [6.45, 7) is 5.83. The Morgan fingerprint density at radius 2 is 2.05 bits per heavy atom. The number of benzene rings is 1. The predicted molar refractivity (Wildman–Crippen MR) is 80.3 cm³/mol. The minimum atomic E-state index is 0.379. The number of aromatic nitrogens is 5. The van der Waals surface area contributed by atoms with Gasteiger partial charge in [0.1, 0.15) is 18.0 Å². The number of fused-ring (bicyclic) bond motifs is 1. The fourth-order valence-corrected chi connectivity index (χ4v) is 2.86. The second-order valence-electron chi connectivity index (χ2n) is 5.55. The highest BCUT2D eigenvalue weighted by atomic mass is 15.3. The van der Waals surface area contributed by atoms with Crippen molar-refractivity contribution in [3.05, 3.63) is 41.7 Å². The molecule has 0 atom stereocenters. The van der Waals surface area contributed by atoms with E-state index in [9.17, 15) is 0 Å². The van der Waals surface area contributed by atoms with E-state index in [0.29, 0.717) is 5.92 Å². The smallest absolute Gasteiger partial charge is 0.157 e. The second kappa shape index (κ2) is 4.51. The Morgan fingerprint density at radius 3 is 2.81 bits per heavy atom. The molecule has 0 bridgehead atoms. The van der Waals surface area contributed by atoms with Crippen LogP contribution in [0.25, 0.3) is 10.9 Å². The molecule has 1 saturated heterocycles. The van der Waals surface area contributed by atoms with Crippen LogP contribution in [0.4, 0.5) is 5.82 Å². The van der Waals surface area contributed by atoms with Gasteiger partial charge < -0.3 is 4.90 Å². The largest absolute Gasteiger partial charge is 0.354 e. The van der Waals surface area contributed by atoms with Gasteiger partial charge in [0, 0.05) is 18.5 Å².